The fourth-order valence-corrected chi connectivity index (χ4v) is 2.33. The van der Waals surface area contributed by atoms with Gasteiger partial charge in [-0.3, -0.25) is 0 Å². The Morgan fingerprint density at radius 2 is 2.11 bits per heavy atom. The number of methoxy groups -OCH3 is 1. The molecule has 1 N–H and O–H groups in total. The van der Waals surface area contributed by atoms with Crippen LogP contribution in [0.5, 0.6) is 5.75 Å². The zero-order chi connectivity index (χ0) is 13.1. The number of piperazine rings is 1. The van der Waals surface area contributed by atoms with E-state index in [1.54, 1.807) is 13.3 Å². The van der Waals surface area contributed by atoms with Gasteiger partial charge in [-0.15, -0.1) is 0 Å². The number of pyridine rings is 1. The molecule has 1 amide bonds. The molecule has 7 heteroatoms. The van der Waals surface area contributed by atoms with E-state index in [2.05, 4.69) is 25.8 Å². The normalized spacial score (nSPS) is 15.7. The molecule has 98 valence electrons. The highest BCUT2D eigenvalue weighted by atomic mass is 79.9. The molecule has 0 atom stereocenters. The van der Waals surface area contributed by atoms with Gasteiger partial charge in [0.2, 0.25) is 0 Å². The minimum atomic E-state index is -0.862. The van der Waals surface area contributed by atoms with Crippen molar-refractivity contribution in [3.05, 3.63) is 16.7 Å². The molecule has 1 aromatic heterocycles. The number of rotatable bonds is 2. The lowest BCUT2D eigenvalue weighted by Gasteiger charge is -2.33. The van der Waals surface area contributed by atoms with Gasteiger partial charge in [0.1, 0.15) is 5.82 Å². The molecule has 0 saturated carbocycles. The fraction of sp³-hybridized carbons (Fsp3) is 0.455. The van der Waals surface area contributed by atoms with Crippen molar-refractivity contribution in [3.63, 3.8) is 0 Å². The third-order valence-corrected chi connectivity index (χ3v) is 3.52. The molecule has 1 saturated heterocycles. The maximum absolute atomic E-state index is 10.8. The summed E-state index contributed by atoms with van der Waals surface area (Å²) in [6, 6.07) is 1.88. The summed E-state index contributed by atoms with van der Waals surface area (Å²) in [7, 11) is 1.59. The zero-order valence-corrected chi connectivity index (χ0v) is 11.6. The van der Waals surface area contributed by atoms with Crippen LogP contribution in [0.2, 0.25) is 0 Å². The molecule has 2 heterocycles. The molecule has 1 aromatic rings. The molecule has 1 fully saturated rings. The number of ether oxygens (including phenoxy) is 1. The Bertz CT molecular complexity index is 447. The third kappa shape index (κ3) is 2.66. The first kappa shape index (κ1) is 12.9. The van der Waals surface area contributed by atoms with Crippen LogP contribution >= 0.6 is 15.9 Å². The lowest BCUT2D eigenvalue weighted by molar-refractivity contribution is 0.142. The van der Waals surface area contributed by atoms with Crippen molar-refractivity contribution in [3.8, 4) is 5.75 Å². The number of amides is 1. The summed E-state index contributed by atoms with van der Waals surface area (Å²) in [6.45, 7) is 2.30. The van der Waals surface area contributed by atoms with Crippen molar-refractivity contribution in [2.24, 2.45) is 0 Å². The van der Waals surface area contributed by atoms with Gasteiger partial charge in [-0.25, -0.2) is 9.78 Å². The average molecular weight is 316 g/mol. The van der Waals surface area contributed by atoms with Crippen molar-refractivity contribution >= 4 is 27.8 Å². The van der Waals surface area contributed by atoms with Gasteiger partial charge in [0, 0.05) is 26.2 Å². The number of anilines is 1. The highest BCUT2D eigenvalue weighted by molar-refractivity contribution is 9.10. The number of carbonyl (C=O) groups is 1. The Hall–Kier alpha value is -1.50. The van der Waals surface area contributed by atoms with Crippen molar-refractivity contribution in [1.29, 1.82) is 0 Å². The van der Waals surface area contributed by atoms with Crippen LogP contribution in [-0.4, -0.2) is 54.4 Å². The minimum Gasteiger partial charge on any atom is -0.494 e. The van der Waals surface area contributed by atoms with Gasteiger partial charge in [-0.1, -0.05) is 0 Å². The summed E-state index contributed by atoms with van der Waals surface area (Å²) in [5, 5.41) is 8.88. The Balaban J connectivity index is 2.05. The predicted octanol–water partition coefficient (Wildman–Crippen LogP) is 1.65. The van der Waals surface area contributed by atoms with Crippen molar-refractivity contribution in [2.45, 2.75) is 0 Å². The van der Waals surface area contributed by atoms with Crippen LogP contribution in [0.4, 0.5) is 10.6 Å². The molecule has 6 nitrogen and oxygen atoms in total. The maximum atomic E-state index is 10.8. The van der Waals surface area contributed by atoms with Crippen molar-refractivity contribution in [2.75, 3.05) is 38.2 Å². The molecule has 2 rings (SSSR count). The third-order valence-electron chi connectivity index (χ3n) is 2.90. The van der Waals surface area contributed by atoms with E-state index in [0.29, 0.717) is 31.9 Å². The highest BCUT2D eigenvalue weighted by Gasteiger charge is 2.21. The predicted molar refractivity (Wildman–Crippen MR) is 70.3 cm³/mol. The molecule has 18 heavy (non-hydrogen) atoms. The molecular weight excluding hydrogens is 302 g/mol. The fourth-order valence-electron chi connectivity index (χ4n) is 1.86. The van der Waals surface area contributed by atoms with E-state index in [1.165, 1.54) is 4.90 Å². The molecule has 0 aromatic carbocycles. The monoisotopic (exact) mass is 315 g/mol. The topological polar surface area (TPSA) is 65.9 Å². The zero-order valence-electron chi connectivity index (χ0n) is 9.97. The van der Waals surface area contributed by atoms with Crippen LogP contribution in [0.15, 0.2) is 16.7 Å². The van der Waals surface area contributed by atoms with Crippen molar-refractivity contribution in [1.82, 2.24) is 9.88 Å². The number of aromatic nitrogens is 1. The second kappa shape index (κ2) is 5.43. The van der Waals surface area contributed by atoms with Crippen LogP contribution in [0.25, 0.3) is 0 Å². The Morgan fingerprint density at radius 3 is 2.61 bits per heavy atom. The summed E-state index contributed by atoms with van der Waals surface area (Å²) >= 11 is 3.41. The molecule has 0 aliphatic carbocycles. The van der Waals surface area contributed by atoms with E-state index in [-0.39, 0.29) is 0 Å². The van der Waals surface area contributed by atoms with E-state index in [1.807, 2.05) is 6.07 Å². The first-order valence-corrected chi connectivity index (χ1v) is 6.33. The average Bonchev–Trinajstić information content (AvgIpc) is 2.38. The van der Waals surface area contributed by atoms with Gasteiger partial charge in [0.15, 0.2) is 5.75 Å². The molecule has 0 unspecified atom stereocenters. The van der Waals surface area contributed by atoms with Crippen LogP contribution in [-0.2, 0) is 0 Å². The van der Waals surface area contributed by atoms with Crippen LogP contribution in [0, 0.1) is 0 Å². The first-order valence-electron chi connectivity index (χ1n) is 5.54. The van der Waals surface area contributed by atoms with Gasteiger partial charge in [0.25, 0.3) is 0 Å². The summed E-state index contributed by atoms with van der Waals surface area (Å²) in [6.07, 6.45) is 0.793. The van der Waals surface area contributed by atoms with E-state index in [0.717, 1.165) is 10.3 Å². The largest absolute Gasteiger partial charge is 0.494 e. The van der Waals surface area contributed by atoms with Gasteiger partial charge in [-0.05, 0) is 22.0 Å². The molecule has 1 aliphatic heterocycles. The smallest absolute Gasteiger partial charge is 0.407 e. The summed E-state index contributed by atoms with van der Waals surface area (Å²) in [5.41, 5.74) is 0. The van der Waals surface area contributed by atoms with Crippen molar-refractivity contribution < 1.29 is 14.6 Å². The van der Waals surface area contributed by atoms with Crippen LogP contribution in [0.1, 0.15) is 0 Å². The molecule has 0 spiro atoms. The first-order chi connectivity index (χ1) is 8.61. The molecule has 0 radical (unpaired) electrons. The van der Waals surface area contributed by atoms with Gasteiger partial charge >= 0.3 is 6.09 Å². The summed E-state index contributed by atoms with van der Waals surface area (Å²) in [5.74, 6) is 1.51. The second-order valence-corrected chi connectivity index (χ2v) is 4.79. The Morgan fingerprint density at radius 1 is 1.44 bits per heavy atom. The number of hydrogen-bond donors (Lipinski definition) is 1. The van der Waals surface area contributed by atoms with E-state index in [4.69, 9.17) is 9.84 Å². The van der Waals surface area contributed by atoms with Crippen LogP contribution < -0.4 is 9.64 Å². The number of nitrogens with zero attached hydrogens (tertiary/aromatic N) is 3. The van der Waals surface area contributed by atoms with Gasteiger partial charge in [-0.2, -0.15) is 0 Å². The lowest BCUT2D eigenvalue weighted by Crippen LogP contribution is -2.48. The minimum absolute atomic E-state index is 0.501. The Kier molecular flexibility index (Phi) is 3.90. The molecular formula is C11H14BrN3O3. The standard InChI is InChI=1S/C11H14BrN3O3/c1-18-9-7-13-10(6-8(9)12)14-2-4-15(5-3-14)11(16)17/h6-7H,2-5H2,1H3,(H,16,17). The van der Waals surface area contributed by atoms with E-state index >= 15 is 0 Å². The quantitative estimate of drug-likeness (QED) is 0.899. The summed E-state index contributed by atoms with van der Waals surface area (Å²) < 4.78 is 5.97. The van der Waals surface area contributed by atoms with E-state index < -0.39 is 6.09 Å². The SMILES string of the molecule is COc1cnc(N2CCN(C(=O)O)CC2)cc1Br. The lowest BCUT2D eigenvalue weighted by atomic mass is 10.3. The summed E-state index contributed by atoms with van der Waals surface area (Å²) in [4.78, 5) is 18.6. The molecule has 1 aliphatic rings. The van der Waals surface area contributed by atoms with E-state index in [9.17, 15) is 4.79 Å². The molecule has 0 bridgehead atoms. The number of carboxylic acid groups (broad SMARTS) is 1. The van der Waals surface area contributed by atoms with Gasteiger partial charge in [0.05, 0.1) is 17.8 Å². The second-order valence-electron chi connectivity index (χ2n) is 3.93. The van der Waals surface area contributed by atoms with Crippen LogP contribution in [0.3, 0.4) is 0 Å². The Labute approximate surface area is 113 Å². The maximum Gasteiger partial charge on any atom is 0.407 e. The van der Waals surface area contributed by atoms with Gasteiger partial charge < -0.3 is 19.6 Å². The number of hydrogen-bond acceptors (Lipinski definition) is 4. The number of halogens is 1. The highest BCUT2D eigenvalue weighted by Crippen LogP contribution is 2.27.